The summed E-state index contributed by atoms with van der Waals surface area (Å²) in [6.45, 7) is 6.45. The summed E-state index contributed by atoms with van der Waals surface area (Å²) >= 11 is 0. The van der Waals surface area contributed by atoms with Gasteiger partial charge >= 0.3 is 5.69 Å². The van der Waals surface area contributed by atoms with Crippen LogP contribution in [0.1, 0.15) is 36.6 Å². The number of nitrogens with zero attached hydrogens (tertiary/aromatic N) is 2. The molecule has 0 aliphatic heterocycles. The number of furan rings is 1. The van der Waals surface area contributed by atoms with Crippen LogP contribution in [0.4, 0.5) is 11.5 Å². The molecule has 0 radical (unpaired) electrons. The number of hydrogen-bond acceptors (Lipinski definition) is 6. The standard InChI is InChI=1S/C18H26N4O5/c1-11(2)10-22-15(19)14(16(23)20-18(22)25)21(8-5-9-26-4)17(24)13-7-6-12(3)27-13/h6-7,11H,5,8-10,19H2,1-4H3,(H,20,23,25). The van der Waals surface area contributed by atoms with E-state index in [-0.39, 0.29) is 29.7 Å². The van der Waals surface area contributed by atoms with Gasteiger partial charge in [0.05, 0.1) is 0 Å². The number of ether oxygens (including phenoxy) is 1. The average Bonchev–Trinajstić information content (AvgIpc) is 3.03. The number of aromatic nitrogens is 2. The van der Waals surface area contributed by atoms with Gasteiger partial charge in [0.2, 0.25) is 0 Å². The number of anilines is 2. The minimum atomic E-state index is -0.716. The van der Waals surface area contributed by atoms with Crippen molar-refractivity contribution in [3.63, 3.8) is 0 Å². The van der Waals surface area contributed by atoms with E-state index in [1.54, 1.807) is 20.1 Å². The molecule has 2 heterocycles. The van der Waals surface area contributed by atoms with Crippen molar-refractivity contribution < 1.29 is 13.9 Å². The highest BCUT2D eigenvalue weighted by molar-refractivity contribution is 6.05. The minimum absolute atomic E-state index is 0.0495. The van der Waals surface area contributed by atoms with E-state index in [1.807, 2.05) is 13.8 Å². The van der Waals surface area contributed by atoms with Crippen molar-refractivity contribution in [1.29, 1.82) is 0 Å². The lowest BCUT2D eigenvalue weighted by atomic mass is 10.2. The Bertz CT molecular complexity index is 909. The molecule has 2 aromatic heterocycles. The Hall–Kier alpha value is -2.81. The lowest BCUT2D eigenvalue weighted by molar-refractivity contribution is 0.0955. The minimum Gasteiger partial charge on any atom is -0.456 e. The first-order valence-corrected chi connectivity index (χ1v) is 8.76. The fourth-order valence-corrected chi connectivity index (χ4v) is 2.75. The van der Waals surface area contributed by atoms with Crippen LogP contribution in [0, 0.1) is 12.8 Å². The third-order valence-corrected chi connectivity index (χ3v) is 3.96. The predicted octanol–water partition coefficient (Wildman–Crippen LogP) is 1.36. The van der Waals surface area contributed by atoms with Crippen molar-refractivity contribution in [2.75, 3.05) is 30.9 Å². The molecule has 0 bridgehead atoms. The van der Waals surface area contributed by atoms with E-state index in [4.69, 9.17) is 14.9 Å². The van der Waals surface area contributed by atoms with Gasteiger partial charge < -0.3 is 14.9 Å². The number of hydrogen-bond donors (Lipinski definition) is 2. The number of H-pyrrole nitrogens is 1. The molecule has 0 fully saturated rings. The zero-order valence-corrected chi connectivity index (χ0v) is 16.1. The van der Waals surface area contributed by atoms with Crippen LogP contribution in [0.2, 0.25) is 0 Å². The molecule has 0 saturated heterocycles. The molecule has 9 heteroatoms. The molecule has 0 aliphatic carbocycles. The van der Waals surface area contributed by atoms with Gasteiger partial charge in [0.1, 0.15) is 11.6 Å². The second kappa shape index (κ2) is 8.72. The molecule has 2 aromatic rings. The molecule has 0 unspecified atom stereocenters. The third-order valence-electron chi connectivity index (χ3n) is 3.96. The molecule has 0 aromatic carbocycles. The number of methoxy groups -OCH3 is 1. The molecule has 0 saturated carbocycles. The maximum atomic E-state index is 13.0. The van der Waals surface area contributed by atoms with Crippen LogP contribution < -0.4 is 21.9 Å². The first-order valence-electron chi connectivity index (χ1n) is 8.76. The summed E-state index contributed by atoms with van der Waals surface area (Å²) in [5.41, 5.74) is 4.76. The van der Waals surface area contributed by atoms with Crippen LogP contribution in [0.5, 0.6) is 0 Å². The maximum Gasteiger partial charge on any atom is 0.330 e. The number of rotatable bonds is 8. The first-order chi connectivity index (χ1) is 12.8. The Kier molecular flexibility index (Phi) is 6.62. The van der Waals surface area contributed by atoms with Gasteiger partial charge in [-0.25, -0.2) is 4.79 Å². The van der Waals surface area contributed by atoms with Gasteiger partial charge in [0.25, 0.3) is 11.5 Å². The van der Waals surface area contributed by atoms with Gasteiger partial charge in [-0.2, -0.15) is 0 Å². The lowest BCUT2D eigenvalue weighted by Gasteiger charge is -2.24. The first kappa shape index (κ1) is 20.5. The normalized spacial score (nSPS) is 11.1. The van der Waals surface area contributed by atoms with Crippen LogP contribution in [0.15, 0.2) is 26.1 Å². The largest absolute Gasteiger partial charge is 0.456 e. The van der Waals surface area contributed by atoms with Crippen molar-refractivity contribution >= 4 is 17.4 Å². The monoisotopic (exact) mass is 378 g/mol. The second-order valence-corrected chi connectivity index (χ2v) is 6.71. The van der Waals surface area contributed by atoms with Crippen LogP contribution in [0.3, 0.4) is 0 Å². The number of carbonyl (C=O) groups excluding carboxylic acids is 1. The molecule has 0 atom stereocenters. The van der Waals surface area contributed by atoms with Crippen molar-refractivity contribution in [3.8, 4) is 0 Å². The summed E-state index contributed by atoms with van der Waals surface area (Å²) in [7, 11) is 1.55. The summed E-state index contributed by atoms with van der Waals surface area (Å²) < 4.78 is 11.7. The van der Waals surface area contributed by atoms with Crippen LogP contribution in [-0.2, 0) is 11.3 Å². The molecule has 0 spiro atoms. The van der Waals surface area contributed by atoms with Gasteiger partial charge in [0.15, 0.2) is 11.4 Å². The smallest absolute Gasteiger partial charge is 0.330 e. The number of amides is 1. The van der Waals surface area contributed by atoms with E-state index in [1.165, 1.54) is 15.5 Å². The van der Waals surface area contributed by atoms with Crippen LogP contribution in [-0.4, -0.2) is 35.7 Å². The molecule has 2 rings (SSSR count). The number of aromatic amines is 1. The Morgan fingerprint density at radius 3 is 2.63 bits per heavy atom. The van der Waals surface area contributed by atoms with E-state index in [0.29, 0.717) is 25.3 Å². The maximum absolute atomic E-state index is 13.0. The highest BCUT2D eigenvalue weighted by Crippen LogP contribution is 2.21. The van der Waals surface area contributed by atoms with E-state index < -0.39 is 17.2 Å². The SMILES string of the molecule is COCCCN(C(=O)c1ccc(C)o1)c1c(N)n(CC(C)C)c(=O)[nH]c1=O. The van der Waals surface area contributed by atoms with Gasteiger partial charge in [-0.1, -0.05) is 13.8 Å². The summed E-state index contributed by atoms with van der Waals surface area (Å²) in [6, 6.07) is 3.20. The summed E-state index contributed by atoms with van der Waals surface area (Å²) in [4.78, 5) is 41.1. The van der Waals surface area contributed by atoms with Gasteiger partial charge in [0, 0.05) is 26.8 Å². The Morgan fingerprint density at radius 2 is 2.07 bits per heavy atom. The molecular weight excluding hydrogens is 352 g/mol. The zero-order valence-electron chi connectivity index (χ0n) is 16.1. The second-order valence-electron chi connectivity index (χ2n) is 6.71. The fourth-order valence-electron chi connectivity index (χ4n) is 2.75. The van der Waals surface area contributed by atoms with Crippen molar-refractivity contribution in [2.24, 2.45) is 5.92 Å². The highest BCUT2D eigenvalue weighted by Gasteiger charge is 2.27. The van der Waals surface area contributed by atoms with E-state index in [2.05, 4.69) is 4.98 Å². The van der Waals surface area contributed by atoms with Crippen molar-refractivity contribution in [3.05, 3.63) is 44.5 Å². The van der Waals surface area contributed by atoms with E-state index in [9.17, 15) is 14.4 Å². The Balaban J connectivity index is 2.56. The summed E-state index contributed by atoms with van der Waals surface area (Å²) in [5, 5.41) is 0. The third kappa shape index (κ3) is 4.68. The van der Waals surface area contributed by atoms with Crippen molar-refractivity contribution in [1.82, 2.24) is 9.55 Å². The number of nitrogen functional groups attached to an aromatic ring is 1. The molecular formula is C18H26N4O5. The van der Waals surface area contributed by atoms with E-state index >= 15 is 0 Å². The van der Waals surface area contributed by atoms with Gasteiger partial charge in [-0.05, 0) is 31.4 Å². The number of aryl methyl sites for hydroxylation is 1. The molecule has 1 amide bonds. The quantitative estimate of drug-likeness (QED) is 0.669. The lowest BCUT2D eigenvalue weighted by Crippen LogP contribution is -2.42. The Labute approximate surface area is 156 Å². The van der Waals surface area contributed by atoms with Crippen LogP contribution in [0.25, 0.3) is 0 Å². The molecule has 9 nitrogen and oxygen atoms in total. The van der Waals surface area contributed by atoms with E-state index in [0.717, 1.165) is 0 Å². The van der Waals surface area contributed by atoms with Crippen LogP contribution >= 0.6 is 0 Å². The molecule has 3 N–H and O–H groups in total. The molecule has 27 heavy (non-hydrogen) atoms. The molecule has 148 valence electrons. The highest BCUT2D eigenvalue weighted by atomic mass is 16.5. The van der Waals surface area contributed by atoms with Crippen molar-refractivity contribution in [2.45, 2.75) is 33.7 Å². The summed E-state index contributed by atoms with van der Waals surface area (Å²) in [6.07, 6.45) is 0.476. The number of nitrogens with two attached hydrogens (primary N) is 1. The fraction of sp³-hybridized carbons (Fsp3) is 0.500. The van der Waals surface area contributed by atoms with Gasteiger partial charge in [-0.15, -0.1) is 0 Å². The average molecular weight is 378 g/mol. The van der Waals surface area contributed by atoms with Gasteiger partial charge in [-0.3, -0.25) is 24.0 Å². The molecule has 0 aliphatic rings. The number of nitrogens with one attached hydrogen (secondary N) is 1. The number of carbonyl (C=O) groups is 1. The summed E-state index contributed by atoms with van der Waals surface area (Å²) in [5.74, 6) is 0.221. The topological polar surface area (TPSA) is 124 Å². The zero-order chi connectivity index (χ0) is 20.1. The predicted molar refractivity (Wildman–Crippen MR) is 102 cm³/mol. The Morgan fingerprint density at radius 1 is 1.37 bits per heavy atom.